The summed E-state index contributed by atoms with van der Waals surface area (Å²) in [5.41, 5.74) is 2.39. The van der Waals surface area contributed by atoms with E-state index in [4.69, 9.17) is 11.6 Å². The van der Waals surface area contributed by atoms with Gasteiger partial charge in [-0.2, -0.15) is 0 Å². The molecule has 4 heterocycles. The molecule has 5 rings (SSSR count). The maximum Gasteiger partial charge on any atom is 0.261 e. The van der Waals surface area contributed by atoms with E-state index in [1.54, 1.807) is 35.7 Å². The summed E-state index contributed by atoms with van der Waals surface area (Å²) in [6.45, 7) is 4.28. The summed E-state index contributed by atoms with van der Waals surface area (Å²) in [5, 5.41) is 6.08. The number of aromatic nitrogens is 3. The smallest absolute Gasteiger partial charge is 0.261 e. The molecule has 1 aliphatic rings. The molecule has 2 atom stereocenters. The van der Waals surface area contributed by atoms with Gasteiger partial charge in [0.15, 0.2) is 0 Å². The van der Waals surface area contributed by atoms with E-state index in [1.807, 2.05) is 44.3 Å². The van der Waals surface area contributed by atoms with Crippen LogP contribution in [0.4, 0.5) is 5.69 Å². The van der Waals surface area contributed by atoms with Crippen LogP contribution in [0.1, 0.15) is 39.4 Å². The second-order valence-electron chi connectivity index (χ2n) is 9.57. The number of benzene rings is 1. The maximum atomic E-state index is 13.0. The molecule has 0 fully saturated rings. The number of amides is 2. The number of anilines is 1. The number of carbonyl (C=O) groups excluding carboxylic acids is 2. The number of nitrogens with zero attached hydrogens (tertiary/aromatic N) is 3. The summed E-state index contributed by atoms with van der Waals surface area (Å²) >= 11 is 7.85. The fourth-order valence-electron chi connectivity index (χ4n) is 4.40. The number of hydrogen-bond donors (Lipinski definition) is 3. The number of rotatable bonds is 8. The van der Waals surface area contributed by atoms with Crippen molar-refractivity contribution in [3.63, 3.8) is 0 Å². The first kappa shape index (κ1) is 25.2. The number of halogens is 1. The fraction of sp³-hybridized carbons (Fsp3) is 0.308. The molecule has 0 saturated carbocycles. The van der Waals surface area contributed by atoms with Gasteiger partial charge in [-0.15, -0.1) is 11.3 Å². The molecule has 1 aliphatic heterocycles. The Morgan fingerprint density at radius 3 is 2.54 bits per heavy atom. The Labute approximate surface area is 222 Å². The third-order valence-corrected chi connectivity index (χ3v) is 8.09. The summed E-state index contributed by atoms with van der Waals surface area (Å²) < 4.78 is 0. The van der Waals surface area contributed by atoms with Crippen LogP contribution in [0.5, 0.6) is 0 Å². The van der Waals surface area contributed by atoms with Crippen LogP contribution in [0.2, 0.25) is 5.02 Å². The van der Waals surface area contributed by atoms with Gasteiger partial charge in [-0.25, -0.2) is 4.98 Å². The van der Waals surface area contributed by atoms with E-state index in [2.05, 4.69) is 20.3 Å². The molecule has 37 heavy (non-hydrogen) atoms. The Balaban J connectivity index is 1.46. The first-order chi connectivity index (χ1) is 17.6. The normalized spacial score (nSPS) is 15.0. The monoisotopic (exact) mass is 538 g/mol. The molecular weight excluding hydrogens is 512 g/mol. The molecular formula is C26H27ClN6O3S. The van der Waals surface area contributed by atoms with Gasteiger partial charge in [-0.1, -0.05) is 11.6 Å². The topological polar surface area (TPSA) is 114 Å². The molecule has 1 aromatic carbocycles. The van der Waals surface area contributed by atoms with Gasteiger partial charge in [0.1, 0.15) is 11.4 Å². The second-order valence-corrected chi connectivity index (χ2v) is 11.0. The van der Waals surface area contributed by atoms with Crippen LogP contribution in [0.3, 0.4) is 0 Å². The highest BCUT2D eigenvalue weighted by Crippen LogP contribution is 2.31. The van der Waals surface area contributed by atoms with Gasteiger partial charge < -0.3 is 20.2 Å². The lowest BCUT2D eigenvalue weighted by Crippen LogP contribution is -2.41. The summed E-state index contributed by atoms with van der Waals surface area (Å²) in [6, 6.07) is 6.94. The zero-order valence-corrected chi connectivity index (χ0v) is 22.5. The Bertz CT molecular complexity index is 1520. The van der Waals surface area contributed by atoms with Gasteiger partial charge in [-0.05, 0) is 57.6 Å². The van der Waals surface area contributed by atoms with Gasteiger partial charge >= 0.3 is 0 Å². The molecule has 11 heteroatoms. The highest BCUT2D eigenvalue weighted by atomic mass is 35.5. The number of H-pyrrole nitrogens is 2. The quantitative estimate of drug-likeness (QED) is 0.289. The average molecular weight is 539 g/mol. The summed E-state index contributed by atoms with van der Waals surface area (Å²) in [4.78, 5) is 53.8. The maximum absolute atomic E-state index is 13.0. The molecule has 0 unspecified atom stereocenters. The third kappa shape index (κ3) is 4.68. The third-order valence-electron chi connectivity index (χ3n) is 6.68. The van der Waals surface area contributed by atoms with Gasteiger partial charge in [-0.3, -0.25) is 19.3 Å². The summed E-state index contributed by atoms with van der Waals surface area (Å²) in [7, 11) is 3.81. The van der Waals surface area contributed by atoms with E-state index >= 15 is 0 Å². The van der Waals surface area contributed by atoms with Crippen molar-refractivity contribution in [2.24, 2.45) is 0 Å². The van der Waals surface area contributed by atoms with Crippen LogP contribution in [-0.2, 0) is 6.42 Å². The number of imidazole rings is 1. The zero-order chi connectivity index (χ0) is 26.4. The number of carbonyl (C=O) groups is 2. The lowest BCUT2D eigenvalue weighted by atomic mass is 10.1. The number of likely N-dealkylation sites (N-methyl/N-ethyl adjacent to an activating group) is 1. The van der Waals surface area contributed by atoms with Crippen molar-refractivity contribution in [2.75, 3.05) is 26.0 Å². The first-order valence-corrected chi connectivity index (χ1v) is 13.2. The first-order valence-electron chi connectivity index (χ1n) is 11.9. The van der Waals surface area contributed by atoms with Crippen molar-refractivity contribution in [1.82, 2.24) is 24.8 Å². The van der Waals surface area contributed by atoms with Crippen molar-refractivity contribution in [3.05, 3.63) is 67.2 Å². The number of aromatic amines is 2. The molecule has 4 aromatic rings. The van der Waals surface area contributed by atoms with Crippen molar-refractivity contribution >= 4 is 51.5 Å². The molecule has 192 valence electrons. The molecule has 3 aromatic heterocycles. The van der Waals surface area contributed by atoms with Crippen molar-refractivity contribution in [2.45, 2.75) is 32.4 Å². The Hall–Kier alpha value is -3.47. The largest absolute Gasteiger partial charge is 0.381 e. The molecule has 0 aliphatic carbocycles. The Kier molecular flexibility index (Phi) is 6.65. The predicted octanol–water partition coefficient (Wildman–Crippen LogP) is 4.22. The van der Waals surface area contributed by atoms with E-state index in [1.165, 1.54) is 4.90 Å². The highest BCUT2D eigenvalue weighted by Gasteiger charge is 2.37. The van der Waals surface area contributed by atoms with Crippen LogP contribution in [0.25, 0.3) is 22.4 Å². The standard InChI is InChI=1S/C26H27ClN6O3S/c1-13(9-21-17(27)6-8-37-21)29-18-5-7-28-24(34)22(18)23-30-19-10-15-16(11-20(19)31-23)26(36)33(25(15)35)12-14(2)32(3)4/h5-8,10-11,13-14H,9,12H2,1-4H3,(H,30,31)(H2,28,29,34)/t13-,14-/m0/s1. The van der Waals surface area contributed by atoms with Gasteiger partial charge in [0.25, 0.3) is 17.4 Å². The van der Waals surface area contributed by atoms with E-state index in [9.17, 15) is 14.4 Å². The molecule has 9 nitrogen and oxygen atoms in total. The lowest BCUT2D eigenvalue weighted by Gasteiger charge is -2.24. The number of nitrogens with one attached hydrogen (secondary N) is 3. The van der Waals surface area contributed by atoms with E-state index in [0.717, 1.165) is 9.90 Å². The number of pyridine rings is 1. The Morgan fingerprint density at radius 2 is 1.86 bits per heavy atom. The van der Waals surface area contributed by atoms with Gasteiger partial charge in [0, 0.05) is 36.1 Å². The van der Waals surface area contributed by atoms with Gasteiger partial charge in [0.2, 0.25) is 0 Å². The van der Waals surface area contributed by atoms with Gasteiger partial charge in [0.05, 0.1) is 32.9 Å². The molecule has 2 amide bonds. The van der Waals surface area contributed by atoms with Crippen LogP contribution in [-0.4, -0.2) is 69.3 Å². The summed E-state index contributed by atoms with van der Waals surface area (Å²) in [6.07, 6.45) is 2.28. The molecule has 3 N–H and O–H groups in total. The van der Waals surface area contributed by atoms with Crippen LogP contribution in [0, 0.1) is 0 Å². The molecule has 0 saturated heterocycles. The van der Waals surface area contributed by atoms with E-state index in [-0.39, 0.29) is 29.5 Å². The number of hydrogen-bond acceptors (Lipinski definition) is 7. The number of thiophene rings is 1. The van der Waals surface area contributed by atoms with E-state index < -0.39 is 0 Å². The van der Waals surface area contributed by atoms with E-state index in [0.29, 0.717) is 52.2 Å². The van der Waals surface area contributed by atoms with Crippen LogP contribution < -0.4 is 10.9 Å². The predicted molar refractivity (Wildman–Crippen MR) is 147 cm³/mol. The molecule has 0 radical (unpaired) electrons. The number of imide groups is 1. The van der Waals surface area contributed by atoms with Crippen molar-refractivity contribution < 1.29 is 9.59 Å². The second kappa shape index (κ2) is 9.77. The van der Waals surface area contributed by atoms with Crippen LogP contribution in [0.15, 0.2) is 40.6 Å². The minimum absolute atomic E-state index is 0.00402. The molecule has 0 bridgehead atoms. The fourth-order valence-corrected chi connectivity index (χ4v) is 5.65. The van der Waals surface area contributed by atoms with Crippen molar-refractivity contribution in [3.8, 4) is 11.4 Å². The summed E-state index contributed by atoms with van der Waals surface area (Å²) in [5.74, 6) is -0.309. The average Bonchev–Trinajstić information content (AvgIpc) is 3.50. The minimum Gasteiger partial charge on any atom is -0.381 e. The lowest BCUT2D eigenvalue weighted by molar-refractivity contribution is 0.0618. The highest BCUT2D eigenvalue weighted by molar-refractivity contribution is 7.10. The SMILES string of the molecule is C[C@@H](Cc1sccc1Cl)Nc1cc[nH]c(=O)c1-c1nc2cc3c(cc2[nH]1)C(=O)N(C[C@H](C)N(C)C)C3=O. The zero-order valence-electron chi connectivity index (χ0n) is 20.9. The number of fused-ring (bicyclic) bond motifs is 2. The Morgan fingerprint density at radius 1 is 1.14 bits per heavy atom. The molecule has 0 spiro atoms. The van der Waals surface area contributed by atoms with Crippen LogP contribution >= 0.6 is 22.9 Å². The van der Waals surface area contributed by atoms with Crippen molar-refractivity contribution in [1.29, 1.82) is 0 Å². The minimum atomic E-state index is -0.332.